The van der Waals surface area contributed by atoms with Gasteiger partial charge in [0.1, 0.15) is 21.7 Å². The molecule has 5 rings (SSSR count). The van der Waals surface area contributed by atoms with E-state index in [4.69, 9.17) is 14.7 Å². The van der Waals surface area contributed by atoms with E-state index in [1.165, 1.54) is 11.8 Å². The second-order valence-electron chi connectivity index (χ2n) is 12.3. The molecule has 2 amide bonds. The fourth-order valence-corrected chi connectivity index (χ4v) is 6.59. The van der Waals surface area contributed by atoms with Crippen molar-refractivity contribution in [2.24, 2.45) is 5.92 Å². The predicted molar refractivity (Wildman–Crippen MR) is 169 cm³/mol. The van der Waals surface area contributed by atoms with E-state index in [2.05, 4.69) is 27.0 Å². The molecular weight excluding hydrogens is 623 g/mol. The number of fused-ring (bicyclic) bond motifs is 2. The fraction of sp³-hybridized carbons (Fsp3) is 0.613. The molecule has 3 aliphatic rings. The number of pyridine rings is 1. The summed E-state index contributed by atoms with van der Waals surface area (Å²) in [6.07, 6.45) is 2.15. The lowest BCUT2D eigenvalue weighted by atomic mass is 9.78. The molecular formula is C31H42BrFN4O4S. The number of rotatable bonds is 5. The van der Waals surface area contributed by atoms with Crippen molar-refractivity contribution in [2.75, 3.05) is 17.7 Å². The van der Waals surface area contributed by atoms with Crippen LogP contribution in [-0.2, 0) is 15.9 Å². The SMILES string of the molecule is CC.CSc1nc2c(F)c(Br)c(CCC#N)cc2c(N(C(=O)OC(C)(C)C)C2C3CC2N(C(=O)OC(C)(C)C)C3)c1C. The lowest BCUT2D eigenvalue weighted by Gasteiger charge is -2.45. The van der Waals surface area contributed by atoms with Crippen LogP contribution < -0.4 is 4.90 Å². The zero-order valence-corrected chi connectivity index (χ0v) is 28.6. The van der Waals surface area contributed by atoms with Crippen molar-refractivity contribution in [2.45, 2.75) is 110 Å². The Morgan fingerprint density at radius 1 is 1.21 bits per heavy atom. The maximum atomic E-state index is 15.8. The summed E-state index contributed by atoms with van der Waals surface area (Å²) in [6, 6.07) is 3.27. The Balaban J connectivity index is 0.00000237. The van der Waals surface area contributed by atoms with Crippen LogP contribution in [0.3, 0.4) is 0 Å². The highest BCUT2D eigenvalue weighted by Gasteiger charge is 2.59. The van der Waals surface area contributed by atoms with E-state index in [1.807, 2.05) is 53.9 Å². The fourth-order valence-electron chi connectivity index (χ4n) is 5.51. The highest BCUT2D eigenvalue weighted by Crippen LogP contribution is 2.49. The number of nitriles is 1. The van der Waals surface area contributed by atoms with Gasteiger partial charge in [-0.1, -0.05) is 13.8 Å². The smallest absolute Gasteiger partial charge is 0.415 e. The number of nitrogens with zero attached hydrogens (tertiary/aromatic N) is 4. The van der Waals surface area contributed by atoms with Gasteiger partial charge in [-0.2, -0.15) is 5.26 Å². The first kappa shape index (κ1) is 33.9. The van der Waals surface area contributed by atoms with Gasteiger partial charge in [-0.3, -0.25) is 4.90 Å². The molecule has 3 heterocycles. The van der Waals surface area contributed by atoms with Crippen molar-refractivity contribution in [1.29, 1.82) is 5.26 Å². The molecule has 11 heteroatoms. The van der Waals surface area contributed by atoms with Gasteiger partial charge in [0.05, 0.1) is 28.3 Å². The molecule has 3 fully saturated rings. The maximum absolute atomic E-state index is 15.8. The Hall–Kier alpha value is -2.58. The van der Waals surface area contributed by atoms with E-state index in [9.17, 15) is 9.59 Å². The molecule has 1 aliphatic carbocycles. The first-order valence-electron chi connectivity index (χ1n) is 14.3. The Morgan fingerprint density at radius 2 is 1.83 bits per heavy atom. The first-order valence-corrected chi connectivity index (χ1v) is 16.3. The standard InChI is InChI=1S/C29H36BrFN4O4S.C2H6/c1-15-23(18-12-16(10-9-11-32)20(30)21(31)22(18)33-25(15)40-8)35(27(37)39-29(5,6)7)24-17-13-19(24)34(14-17)26(36)38-28(2,3)4;1-2/h12,17,19,24H,9-10,13-14H2,1-8H3;1-2H3. The summed E-state index contributed by atoms with van der Waals surface area (Å²) < 4.78 is 27.7. The van der Waals surface area contributed by atoms with Crippen LogP contribution in [0.1, 0.15) is 79.4 Å². The van der Waals surface area contributed by atoms with Crippen molar-refractivity contribution in [3.63, 3.8) is 0 Å². The van der Waals surface area contributed by atoms with Crippen molar-refractivity contribution in [3.05, 3.63) is 27.5 Å². The number of halogens is 2. The predicted octanol–water partition coefficient (Wildman–Crippen LogP) is 8.40. The number of hydrogen-bond donors (Lipinski definition) is 0. The summed E-state index contributed by atoms with van der Waals surface area (Å²) in [5.74, 6) is -0.540. The summed E-state index contributed by atoms with van der Waals surface area (Å²) >= 11 is 4.73. The van der Waals surface area contributed by atoms with Gasteiger partial charge in [-0.15, -0.1) is 11.8 Å². The third kappa shape index (κ3) is 6.80. The molecule has 2 aromatic rings. The highest BCUT2D eigenvalue weighted by atomic mass is 79.9. The van der Waals surface area contributed by atoms with Crippen molar-refractivity contribution < 1.29 is 23.5 Å². The Morgan fingerprint density at radius 3 is 2.38 bits per heavy atom. The Labute approximate surface area is 261 Å². The Bertz CT molecular complexity index is 1400. The molecule has 3 unspecified atom stereocenters. The van der Waals surface area contributed by atoms with E-state index in [-0.39, 0.29) is 34.4 Å². The van der Waals surface area contributed by atoms with Gasteiger partial charge in [0.2, 0.25) is 0 Å². The van der Waals surface area contributed by atoms with Crippen LogP contribution in [0, 0.1) is 30.0 Å². The molecule has 3 atom stereocenters. The van der Waals surface area contributed by atoms with Gasteiger partial charge in [0.15, 0.2) is 5.82 Å². The van der Waals surface area contributed by atoms with Gasteiger partial charge >= 0.3 is 12.2 Å². The zero-order valence-electron chi connectivity index (χ0n) is 26.2. The quantitative estimate of drug-likeness (QED) is 0.296. The number of hydrogen-bond acceptors (Lipinski definition) is 7. The van der Waals surface area contributed by atoms with Gasteiger partial charge in [-0.25, -0.2) is 19.0 Å². The molecule has 230 valence electrons. The number of aryl methyl sites for hydroxylation is 1. The molecule has 2 saturated heterocycles. The molecule has 42 heavy (non-hydrogen) atoms. The Kier molecular flexibility index (Phi) is 10.5. The van der Waals surface area contributed by atoms with E-state index in [0.29, 0.717) is 40.2 Å². The number of thioether (sulfide) groups is 1. The second-order valence-corrected chi connectivity index (χ2v) is 13.9. The number of ether oxygens (including phenoxy) is 2. The number of benzene rings is 1. The molecule has 8 nitrogen and oxygen atoms in total. The number of carbonyl (C=O) groups is 2. The molecule has 1 saturated carbocycles. The third-order valence-electron chi connectivity index (χ3n) is 7.11. The minimum Gasteiger partial charge on any atom is -0.444 e. The van der Waals surface area contributed by atoms with Crippen molar-refractivity contribution in [1.82, 2.24) is 9.88 Å². The molecule has 1 aromatic carbocycles. The normalized spacial score (nSPS) is 19.4. The second kappa shape index (κ2) is 13.0. The molecule has 0 spiro atoms. The molecule has 2 aliphatic heterocycles. The summed E-state index contributed by atoms with van der Waals surface area (Å²) in [7, 11) is 0. The summed E-state index contributed by atoms with van der Waals surface area (Å²) in [6.45, 7) is 17.2. The van der Waals surface area contributed by atoms with Gasteiger partial charge in [0.25, 0.3) is 0 Å². The molecule has 1 aromatic heterocycles. The average Bonchev–Trinajstić information content (AvgIpc) is 3.49. The molecule has 0 radical (unpaired) electrons. The molecule has 0 N–H and O–H groups in total. The maximum Gasteiger partial charge on any atom is 0.415 e. The number of amides is 2. The minimum atomic E-state index is -0.783. The van der Waals surface area contributed by atoms with E-state index in [0.717, 1.165) is 6.42 Å². The van der Waals surface area contributed by atoms with Gasteiger partial charge in [-0.05, 0) is 95.1 Å². The lowest BCUT2D eigenvalue weighted by molar-refractivity contribution is 0.0216. The molecule has 2 bridgehead atoms. The summed E-state index contributed by atoms with van der Waals surface area (Å²) in [5.41, 5.74) is 0.533. The lowest BCUT2D eigenvalue weighted by Crippen LogP contribution is -2.59. The van der Waals surface area contributed by atoms with Crippen LogP contribution >= 0.6 is 27.7 Å². The first-order chi connectivity index (χ1) is 19.6. The van der Waals surface area contributed by atoms with Crippen LogP contribution in [0.15, 0.2) is 15.6 Å². The van der Waals surface area contributed by atoms with Crippen LogP contribution in [0.5, 0.6) is 0 Å². The van der Waals surface area contributed by atoms with Crippen molar-refractivity contribution >= 4 is 56.5 Å². The third-order valence-corrected chi connectivity index (χ3v) is 8.75. The summed E-state index contributed by atoms with van der Waals surface area (Å²) in [4.78, 5) is 35.0. The minimum absolute atomic E-state index is 0.00346. The van der Waals surface area contributed by atoms with Crippen LogP contribution in [0.4, 0.5) is 19.7 Å². The topological polar surface area (TPSA) is 95.8 Å². The van der Waals surface area contributed by atoms with E-state index < -0.39 is 29.2 Å². The number of carbonyl (C=O) groups excluding carboxylic acids is 2. The van der Waals surface area contributed by atoms with Gasteiger partial charge in [0, 0.05) is 29.8 Å². The number of aromatic nitrogens is 1. The zero-order chi connectivity index (χ0) is 31.7. The largest absolute Gasteiger partial charge is 0.444 e. The van der Waals surface area contributed by atoms with Crippen molar-refractivity contribution in [3.8, 4) is 6.07 Å². The van der Waals surface area contributed by atoms with E-state index >= 15 is 4.39 Å². The summed E-state index contributed by atoms with van der Waals surface area (Å²) in [5, 5.41) is 10.2. The van der Waals surface area contributed by atoms with E-state index in [1.54, 1.807) is 30.6 Å². The average molecular weight is 666 g/mol. The van der Waals surface area contributed by atoms with Crippen LogP contribution in [-0.4, -0.2) is 58.2 Å². The highest BCUT2D eigenvalue weighted by molar-refractivity contribution is 9.10. The van der Waals surface area contributed by atoms with Gasteiger partial charge < -0.3 is 14.4 Å². The number of anilines is 1. The van der Waals surface area contributed by atoms with Crippen LogP contribution in [0.25, 0.3) is 10.9 Å². The van der Waals surface area contributed by atoms with Crippen LogP contribution in [0.2, 0.25) is 0 Å². The monoisotopic (exact) mass is 664 g/mol.